The van der Waals surface area contributed by atoms with E-state index < -0.39 is 0 Å². The van der Waals surface area contributed by atoms with Gasteiger partial charge in [0, 0.05) is 55.4 Å². The van der Waals surface area contributed by atoms with Crippen LogP contribution in [0.5, 0.6) is 0 Å². The number of carbonyl (C=O) groups excluding carboxylic acids is 2. The van der Waals surface area contributed by atoms with E-state index in [4.69, 9.17) is 4.98 Å². The first kappa shape index (κ1) is 21.6. The van der Waals surface area contributed by atoms with Gasteiger partial charge in [0.1, 0.15) is 0 Å². The van der Waals surface area contributed by atoms with Crippen LogP contribution in [0.15, 0.2) is 54.9 Å². The van der Waals surface area contributed by atoms with Crippen molar-refractivity contribution in [3.05, 3.63) is 60.4 Å². The highest BCUT2D eigenvalue weighted by Gasteiger charge is 2.31. The van der Waals surface area contributed by atoms with Gasteiger partial charge in [0.15, 0.2) is 0 Å². The minimum Gasteiger partial charge on any atom is -0.342 e. The molecule has 2 aromatic heterocycles. The SMILES string of the molecule is O=C(c1cc(-c2ccncc2)nc2ccccc12)N1CCC(C(=O)N2CCCCCC2)CC1. The van der Waals surface area contributed by atoms with Crippen LogP contribution in [0, 0.1) is 5.92 Å². The highest BCUT2D eigenvalue weighted by atomic mass is 16.2. The Bertz CT molecular complexity index is 1130. The van der Waals surface area contributed by atoms with Gasteiger partial charge in [-0.05, 0) is 49.9 Å². The zero-order chi connectivity index (χ0) is 22.6. The Balaban J connectivity index is 1.35. The molecule has 0 atom stereocenters. The number of nitrogens with zero attached hydrogens (tertiary/aromatic N) is 4. The second-order valence-corrected chi connectivity index (χ2v) is 9.11. The molecule has 2 fully saturated rings. The van der Waals surface area contributed by atoms with Gasteiger partial charge in [-0.2, -0.15) is 0 Å². The van der Waals surface area contributed by atoms with Crippen LogP contribution in [0.25, 0.3) is 22.2 Å². The molecule has 0 aliphatic carbocycles. The number of rotatable bonds is 3. The van der Waals surface area contributed by atoms with Gasteiger partial charge in [-0.15, -0.1) is 0 Å². The molecule has 2 amide bonds. The number of pyridine rings is 2. The summed E-state index contributed by atoms with van der Waals surface area (Å²) in [5.74, 6) is 0.344. The lowest BCUT2D eigenvalue weighted by molar-refractivity contribution is -0.136. The van der Waals surface area contributed by atoms with Crippen LogP contribution in [0.4, 0.5) is 0 Å². The summed E-state index contributed by atoms with van der Waals surface area (Å²) in [4.78, 5) is 39.5. The Labute approximate surface area is 194 Å². The van der Waals surface area contributed by atoms with Crippen molar-refractivity contribution in [1.82, 2.24) is 19.8 Å². The van der Waals surface area contributed by atoms with Gasteiger partial charge in [-0.25, -0.2) is 4.98 Å². The normalized spacial score (nSPS) is 17.7. The molecule has 0 unspecified atom stereocenters. The molecule has 0 N–H and O–H groups in total. The maximum atomic E-state index is 13.6. The fourth-order valence-electron chi connectivity index (χ4n) is 5.07. The van der Waals surface area contributed by atoms with Crippen molar-refractivity contribution in [2.24, 2.45) is 5.92 Å². The Morgan fingerprint density at radius 1 is 0.818 bits per heavy atom. The smallest absolute Gasteiger partial charge is 0.254 e. The summed E-state index contributed by atoms with van der Waals surface area (Å²) >= 11 is 0. The van der Waals surface area contributed by atoms with Crippen LogP contribution in [0.2, 0.25) is 0 Å². The van der Waals surface area contributed by atoms with Crippen molar-refractivity contribution in [3.63, 3.8) is 0 Å². The lowest BCUT2D eigenvalue weighted by atomic mass is 9.94. The first-order valence-corrected chi connectivity index (χ1v) is 12.1. The molecule has 2 aliphatic rings. The lowest BCUT2D eigenvalue weighted by Crippen LogP contribution is -2.44. The maximum absolute atomic E-state index is 13.6. The van der Waals surface area contributed by atoms with E-state index in [1.165, 1.54) is 12.8 Å². The van der Waals surface area contributed by atoms with Crippen molar-refractivity contribution < 1.29 is 9.59 Å². The van der Waals surface area contributed by atoms with E-state index in [0.717, 1.165) is 60.9 Å². The van der Waals surface area contributed by atoms with Crippen LogP contribution in [-0.4, -0.2) is 57.8 Å². The van der Waals surface area contributed by atoms with Crippen LogP contribution in [0.1, 0.15) is 48.9 Å². The molecular formula is C27H30N4O2. The molecular weight excluding hydrogens is 412 g/mol. The van der Waals surface area contributed by atoms with Crippen molar-refractivity contribution >= 4 is 22.7 Å². The molecule has 0 radical (unpaired) electrons. The largest absolute Gasteiger partial charge is 0.342 e. The van der Waals surface area contributed by atoms with Crippen LogP contribution >= 0.6 is 0 Å². The number of likely N-dealkylation sites (tertiary alicyclic amines) is 2. The Kier molecular flexibility index (Phi) is 6.33. The number of aromatic nitrogens is 2. The third kappa shape index (κ3) is 4.61. The fourth-order valence-corrected chi connectivity index (χ4v) is 5.07. The van der Waals surface area contributed by atoms with Crippen molar-refractivity contribution in [3.8, 4) is 11.3 Å². The van der Waals surface area contributed by atoms with Gasteiger partial charge >= 0.3 is 0 Å². The first-order chi connectivity index (χ1) is 16.2. The number of amides is 2. The third-order valence-corrected chi connectivity index (χ3v) is 6.97. The van der Waals surface area contributed by atoms with Crippen LogP contribution < -0.4 is 0 Å². The molecule has 0 spiro atoms. The van der Waals surface area contributed by atoms with Gasteiger partial charge in [0.2, 0.25) is 5.91 Å². The molecule has 33 heavy (non-hydrogen) atoms. The van der Waals surface area contributed by atoms with Gasteiger partial charge < -0.3 is 9.80 Å². The zero-order valence-corrected chi connectivity index (χ0v) is 18.9. The van der Waals surface area contributed by atoms with E-state index in [1.54, 1.807) is 12.4 Å². The zero-order valence-electron chi connectivity index (χ0n) is 18.9. The summed E-state index contributed by atoms with van der Waals surface area (Å²) in [5, 5.41) is 0.864. The Hall–Kier alpha value is -3.28. The standard InChI is InChI=1S/C27H30N4O2/c32-26(30-15-5-1-2-6-16-30)21-11-17-31(18-12-21)27(33)23-19-25(20-9-13-28-14-10-20)29-24-8-4-3-7-22(23)24/h3-4,7-10,13-14,19,21H,1-2,5-6,11-12,15-18H2. The van der Waals surface area contributed by atoms with E-state index in [-0.39, 0.29) is 11.8 Å². The minimum absolute atomic E-state index is 0.0181. The molecule has 0 saturated carbocycles. The summed E-state index contributed by atoms with van der Waals surface area (Å²) < 4.78 is 0. The number of piperidine rings is 1. The topological polar surface area (TPSA) is 66.4 Å². The Morgan fingerprint density at radius 2 is 1.52 bits per heavy atom. The molecule has 1 aromatic carbocycles. The predicted octanol–water partition coefficient (Wildman–Crippen LogP) is 4.55. The Morgan fingerprint density at radius 3 is 2.24 bits per heavy atom. The quantitative estimate of drug-likeness (QED) is 0.597. The number of benzene rings is 1. The van der Waals surface area contributed by atoms with E-state index >= 15 is 0 Å². The number of hydrogen-bond acceptors (Lipinski definition) is 4. The van der Waals surface area contributed by atoms with Gasteiger partial charge in [-0.1, -0.05) is 31.0 Å². The third-order valence-electron chi connectivity index (χ3n) is 6.97. The number of para-hydroxylation sites is 1. The number of fused-ring (bicyclic) bond motifs is 1. The monoisotopic (exact) mass is 442 g/mol. The summed E-state index contributed by atoms with van der Waals surface area (Å²) in [6.45, 7) is 3.01. The van der Waals surface area contributed by atoms with Crippen molar-refractivity contribution in [2.45, 2.75) is 38.5 Å². The summed E-state index contributed by atoms with van der Waals surface area (Å²) in [6.07, 6.45) is 9.61. The van der Waals surface area contributed by atoms with Gasteiger partial charge in [-0.3, -0.25) is 14.6 Å². The van der Waals surface area contributed by atoms with E-state index in [9.17, 15) is 9.59 Å². The molecule has 170 valence electrons. The molecule has 6 heteroatoms. The molecule has 4 heterocycles. The molecule has 2 aliphatic heterocycles. The molecule has 2 saturated heterocycles. The lowest BCUT2D eigenvalue weighted by Gasteiger charge is -2.34. The molecule has 5 rings (SSSR count). The second kappa shape index (κ2) is 9.69. The van der Waals surface area contributed by atoms with Crippen molar-refractivity contribution in [2.75, 3.05) is 26.2 Å². The van der Waals surface area contributed by atoms with Crippen LogP contribution in [-0.2, 0) is 4.79 Å². The highest BCUT2D eigenvalue weighted by Crippen LogP contribution is 2.28. The maximum Gasteiger partial charge on any atom is 0.254 e. The predicted molar refractivity (Wildman–Crippen MR) is 129 cm³/mol. The summed E-state index contributed by atoms with van der Waals surface area (Å²) in [6, 6.07) is 13.5. The number of carbonyl (C=O) groups is 2. The second-order valence-electron chi connectivity index (χ2n) is 9.11. The van der Waals surface area contributed by atoms with E-state index in [0.29, 0.717) is 24.6 Å². The molecule has 3 aromatic rings. The van der Waals surface area contributed by atoms with Crippen LogP contribution in [0.3, 0.4) is 0 Å². The van der Waals surface area contributed by atoms with Crippen molar-refractivity contribution in [1.29, 1.82) is 0 Å². The fraction of sp³-hybridized carbons (Fsp3) is 0.407. The highest BCUT2D eigenvalue weighted by molar-refractivity contribution is 6.07. The first-order valence-electron chi connectivity index (χ1n) is 12.1. The van der Waals surface area contributed by atoms with Gasteiger partial charge in [0.05, 0.1) is 16.8 Å². The average molecular weight is 443 g/mol. The summed E-state index contributed by atoms with van der Waals surface area (Å²) in [7, 11) is 0. The average Bonchev–Trinajstić information content (AvgIpc) is 3.17. The minimum atomic E-state index is 0.0181. The van der Waals surface area contributed by atoms with E-state index in [2.05, 4.69) is 9.88 Å². The molecule has 0 bridgehead atoms. The number of hydrogen-bond donors (Lipinski definition) is 0. The molecule has 6 nitrogen and oxygen atoms in total. The van der Waals surface area contributed by atoms with Gasteiger partial charge in [0.25, 0.3) is 5.91 Å². The van der Waals surface area contributed by atoms with E-state index in [1.807, 2.05) is 47.4 Å². The summed E-state index contributed by atoms with van der Waals surface area (Å²) in [5.41, 5.74) is 3.18.